The summed E-state index contributed by atoms with van der Waals surface area (Å²) in [5, 5.41) is 9.28. The zero-order valence-corrected chi connectivity index (χ0v) is 11.3. The topological polar surface area (TPSA) is 83.9 Å². The number of methoxy groups -OCH3 is 1. The van der Waals surface area contributed by atoms with Crippen LogP contribution in [0.5, 0.6) is 0 Å². The molecule has 20 heavy (non-hydrogen) atoms. The molecule has 1 atom stereocenters. The molecule has 1 N–H and O–H groups in total. The molecule has 1 heterocycles. The SMILES string of the molecule is COC(=O)C1CC(=O)N(c2cccc(C)c2C(=O)O)C1. The smallest absolute Gasteiger partial charge is 0.338 e. The van der Waals surface area contributed by atoms with Crippen LogP contribution in [0.3, 0.4) is 0 Å². The number of rotatable bonds is 3. The Balaban J connectivity index is 2.38. The third-order valence-electron chi connectivity index (χ3n) is 3.42. The van der Waals surface area contributed by atoms with Crippen molar-refractivity contribution in [3.63, 3.8) is 0 Å². The monoisotopic (exact) mass is 277 g/mol. The maximum Gasteiger partial charge on any atom is 0.338 e. The minimum Gasteiger partial charge on any atom is -0.478 e. The number of carboxylic acid groups (broad SMARTS) is 1. The van der Waals surface area contributed by atoms with Crippen LogP contribution in [0.15, 0.2) is 18.2 Å². The number of anilines is 1. The predicted octanol–water partition coefficient (Wildman–Crippen LogP) is 1.22. The highest BCUT2D eigenvalue weighted by molar-refractivity contribution is 6.05. The summed E-state index contributed by atoms with van der Waals surface area (Å²) in [5.41, 5.74) is 0.990. The second-order valence-electron chi connectivity index (χ2n) is 4.70. The number of ether oxygens (including phenoxy) is 1. The third kappa shape index (κ3) is 2.36. The van der Waals surface area contributed by atoms with Gasteiger partial charge in [0.25, 0.3) is 0 Å². The predicted molar refractivity (Wildman–Crippen MR) is 70.6 cm³/mol. The molecule has 0 aliphatic carbocycles. The summed E-state index contributed by atoms with van der Waals surface area (Å²) >= 11 is 0. The van der Waals surface area contributed by atoms with Gasteiger partial charge in [0, 0.05) is 13.0 Å². The number of benzene rings is 1. The maximum absolute atomic E-state index is 12.0. The molecule has 6 heteroatoms. The Kier molecular flexibility index (Phi) is 3.74. The summed E-state index contributed by atoms with van der Waals surface area (Å²) in [6.07, 6.45) is 0.0413. The fraction of sp³-hybridized carbons (Fsp3) is 0.357. The normalized spacial score (nSPS) is 18.2. The van der Waals surface area contributed by atoms with Crippen LogP contribution >= 0.6 is 0 Å². The fourth-order valence-electron chi connectivity index (χ4n) is 2.42. The molecular formula is C14H15NO5. The number of carbonyl (C=O) groups excluding carboxylic acids is 2. The molecule has 1 aromatic rings. The van der Waals surface area contributed by atoms with Crippen molar-refractivity contribution >= 4 is 23.5 Å². The molecule has 0 bridgehead atoms. The highest BCUT2D eigenvalue weighted by Gasteiger charge is 2.37. The van der Waals surface area contributed by atoms with Crippen molar-refractivity contribution in [1.82, 2.24) is 0 Å². The molecule has 1 amide bonds. The largest absolute Gasteiger partial charge is 0.478 e. The minimum atomic E-state index is -1.09. The van der Waals surface area contributed by atoms with Crippen LogP contribution in [0, 0.1) is 12.8 Å². The summed E-state index contributed by atoms with van der Waals surface area (Å²) in [6.45, 7) is 1.82. The van der Waals surface area contributed by atoms with Crippen molar-refractivity contribution in [2.45, 2.75) is 13.3 Å². The van der Waals surface area contributed by atoms with Crippen molar-refractivity contribution in [2.24, 2.45) is 5.92 Å². The molecule has 106 valence electrons. The molecular weight excluding hydrogens is 262 g/mol. The summed E-state index contributed by atoms with van der Waals surface area (Å²) in [7, 11) is 1.27. The van der Waals surface area contributed by atoms with Gasteiger partial charge in [0.1, 0.15) is 0 Å². The number of aryl methyl sites for hydroxylation is 1. The first-order valence-electron chi connectivity index (χ1n) is 6.16. The third-order valence-corrected chi connectivity index (χ3v) is 3.42. The van der Waals surface area contributed by atoms with Crippen LogP contribution < -0.4 is 4.90 Å². The number of nitrogens with zero attached hydrogens (tertiary/aromatic N) is 1. The Morgan fingerprint density at radius 2 is 2.10 bits per heavy atom. The molecule has 1 unspecified atom stereocenters. The van der Waals surface area contributed by atoms with Gasteiger partial charge in [-0.3, -0.25) is 9.59 Å². The minimum absolute atomic E-state index is 0.0413. The number of hydrogen-bond donors (Lipinski definition) is 1. The number of hydrogen-bond acceptors (Lipinski definition) is 4. The van der Waals surface area contributed by atoms with E-state index in [1.54, 1.807) is 25.1 Å². The second kappa shape index (κ2) is 5.32. The first kappa shape index (κ1) is 14.0. The highest BCUT2D eigenvalue weighted by atomic mass is 16.5. The van der Waals surface area contributed by atoms with Crippen molar-refractivity contribution in [3.8, 4) is 0 Å². The molecule has 0 saturated carbocycles. The zero-order chi connectivity index (χ0) is 14.9. The van der Waals surface area contributed by atoms with Gasteiger partial charge >= 0.3 is 11.9 Å². The molecule has 6 nitrogen and oxygen atoms in total. The van der Waals surface area contributed by atoms with Gasteiger partial charge in [0.05, 0.1) is 24.3 Å². The first-order chi connectivity index (χ1) is 9.45. The van der Waals surface area contributed by atoms with Gasteiger partial charge in [-0.25, -0.2) is 4.79 Å². The molecule has 0 radical (unpaired) electrons. The maximum atomic E-state index is 12.0. The molecule has 1 fully saturated rings. The molecule has 0 aromatic heterocycles. The summed E-state index contributed by atoms with van der Waals surface area (Å²) in [4.78, 5) is 36.2. The lowest BCUT2D eigenvalue weighted by Gasteiger charge is -2.19. The van der Waals surface area contributed by atoms with E-state index in [-0.39, 0.29) is 24.4 Å². The Labute approximate surface area is 115 Å². The number of carboxylic acids is 1. The fourth-order valence-corrected chi connectivity index (χ4v) is 2.42. The van der Waals surface area contributed by atoms with E-state index in [0.29, 0.717) is 11.3 Å². The first-order valence-corrected chi connectivity index (χ1v) is 6.16. The average molecular weight is 277 g/mol. The van der Waals surface area contributed by atoms with E-state index in [0.717, 1.165) is 0 Å². The van der Waals surface area contributed by atoms with Crippen LogP contribution in [-0.4, -0.2) is 36.6 Å². The molecule has 2 rings (SSSR count). The van der Waals surface area contributed by atoms with E-state index >= 15 is 0 Å². The van der Waals surface area contributed by atoms with E-state index in [4.69, 9.17) is 0 Å². The quantitative estimate of drug-likeness (QED) is 0.840. The Morgan fingerprint density at radius 1 is 1.40 bits per heavy atom. The lowest BCUT2D eigenvalue weighted by molar-refractivity contribution is -0.145. The van der Waals surface area contributed by atoms with Gasteiger partial charge in [-0.1, -0.05) is 12.1 Å². The van der Waals surface area contributed by atoms with E-state index in [9.17, 15) is 19.5 Å². The van der Waals surface area contributed by atoms with Gasteiger partial charge in [0.2, 0.25) is 5.91 Å². The lowest BCUT2D eigenvalue weighted by atomic mass is 10.1. The Hall–Kier alpha value is -2.37. The van der Waals surface area contributed by atoms with Crippen LogP contribution in [0.1, 0.15) is 22.3 Å². The highest BCUT2D eigenvalue weighted by Crippen LogP contribution is 2.30. The van der Waals surface area contributed by atoms with Gasteiger partial charge in [0.15, 0.2) is 0 Å². The van der Waals surface area contributed by atoms with E-state index < -0.39 is 17.9 Å². The van der Waals surface area contributed by atoms with Crippen molar-refractivity contribution in [1.29, 1.82) is 0 Å². The van der Waals surface area contributed by atoms with Crippen LogP contribution in [0.2, 0.25) is 0 Å². The van der Waals surface area contributed by atoms with Crippen molar-refractivity contribution in [3.05, 3.63) is 29.3 Å². The van der Waals surface area contributed by atoms with Gasteiger partial charge in [-0.05, 0) is 18.6 Å². The average Bonchev–Trinajstić information content (AvgIpc) is 2.79. The Morgan fingerprint density at radius 3 is 2.70 bits per heavy atom. The molecule has 1 aliphatic heterocycles. The van der Waals surface area contributed by atoms with Gasteiger partial charge < -0.3 is 14.7 Å². The zero-order valence-electron chi connectivity index (χ0n) is 11.3. The molecule has 1 saturated heterocycles. The molecule has 0 spiro atoms. The van der Waals surface area contributed by atoms with Crippen LogP contribution in [0.25, 0.3) is 0 Å². The number of aromatic carboxylic acids is 1. The summed E-state index contributed by atoms with van der Waals surface area (Å²) < 4.78 is 4.63. The number of carbonyl (C=O) groups is 3. The van der Waals surface area contributed by atoms with Crippen molar-refractivity contribution < 1.29 is 24.2 Å². The standard InChI is InChI=1S/C14H15NO5/c1-8-4-3-5-10(12(8)13(17)18)15-7-9(6-11(15)16)14(19)20-2/h3-5,9H,6-7H2,1-2H3,(H,17,18). The summed E-state index contributed by atoms with van der Waals surface area (Å²) in [6, 6.07) is 4.94. The van der Waals surface area contributed by atoms with E-state index in [1.165, 1.54) is 12.0 Å². The second-order valence-corrected chi connectivity index (χ2v) is 4.70. The van der Waals surface area contributed by atoms with Crippen LogP contribution in [-0.2, 0) is 14.3 Å². The van der Waals surface area contributed by atoms with E-state index in [2.05, 4.69) is 4.74 Å². The summed E-state index contributed by atoms with van der Waals surface area (Å²) in [5.74, 6) is -2.36. The number of amides is 1. The van der Waals surface area contributed by atoms with Gasteiger partial charge in [-0.15, -0.1) is 0 Å². The number of esters is 1. The van der Waals surface area contributed by atoms with Crippen LogP contribution in [0.4, 0.5) is 5.69 Å². The Bertz CT molecular complexity index is 581. The van der Waals surface area contributed by atoms with Gasteiger partial charge in [-0.2, -0.15) is 0 Å². The van der Waals surface area contributed by atoms with E-state index in [1.807, 2.05) is 0 Å². The lowest BCUT2D eigenvalue weighted by Crippen LogP contribution is -2.28. The molecule has 1 aliphatic rings. The molecule has 1 aromatic carbocycles. The van der Waals surface area contributed by atoms with Crippen molar-refractivity contribution in [2.75, 3.05) is 18.6 Å².